The van der Waals surface area contributed by atoms with Gasteiger partial charge in [0.2, 0.25) is 0 Å². The molecule has 1 aliphatic heterocycles. The molecule has 3 heterocycles. The van der Waals surface area contributed by atoms with E-state index in [0.29, 0.717) is 4.88 Å². The fourth-order valence-electron chi connectivity index (χ4n) is 5.32. The highest BCUT2D eigenvalue weighted by Crippen LogP contribution is 2.46. The van der Waals surface area contributed by atoms with Gasteiger partial charge >= 0.3 is 0 Å². The van der Waals surface area contributed by atoms with Gasteiger partial charge in [-0.1, -0.05) is 37.0 Å². The average molecular weight is 483 g/mol. The summed E-state index contributed by atoms with van der Waals surface area (Å²) < 4.78 is 0. The van der Waals surface area contributed by atoms with Gasteiger partial charge in [-0.3, -0.25) is 4.79 Å². The fourth-order valence-corrected chi connectivity index (χ4v) is 6.07. The number of rotatable bonds is 2. The SMILES string of the molecule is CC(=O)c1sccc1C#Cc1c(-c2cccc3c(C)c[nH]c23)cc(C)c2c1[C@H](C)C(O)C(C)(C)N2. The number of Topliss-reactive ketones (excluding diaryl/α,β-unsaturated/α-hetero) is 1. The summed E-state index contributed by atoms with van der Waals surface area (Å²) in [6, 6.07) is 10.4. The standard InChI is InChI=1S/C30H30N2O2S/c1-16-14-24(23-9-7-8-21-17(2)15-31-27(21)23)22(11-10-20-12-13-35-28(20)19(4)33)25-18(3)29(34)30(5,6)32-26(16)25/h7-9,12-15,18,29,31-32,34H,1-6H3/t18-,29?/m0/s1. The van der Waals surface area contributed by atoms with E-state index in [-0.39, 0.29) is 11.7 Å². The van der Waals surface area contributed by atoms with Crippen molar-refractivity contribution in [3.05, 3.63) is 74.6 Å². The number of aryl methyl sites for hydroxylation is 2. The second-order valence-corrected chi connectivity index (χ2v) is 11.1. The van der Waals surface area contributed by atoms with Crippen molar-refractivity contribution in [2.24, 2.45) is 0 Å². The molecular weight excluding hydrogens is 452 g/mol. The van der Waals surface area contributed by atoms with Gasteiger partial charge in [-0.25, -0.2) is 0 Å². The Morgan fingerprint density at radius 2 is 1.89 bits per heavy atom. The van der Waals surface area contributed by atoms with Crippen LogP contribution in [0.2, 0.25) is 0 Å². The molecular formula is C30H30N2O2S. The van der Waals surface area contributed by atoms with E-state index in [2.05, 4.69) is 67.2 Å². The lowest BCUT2D eigenvalue weighted by Gasteiger charge is -2.43. The number of aliphatic hydroxyl groups is 1. The number of fused-ring (bicyclic) bond motifs is 2. The smallest absolute Gasteiger partial charge is 0.170 e. The van der Waals surface area contributed by atoms with Crippen LogP contribution in [0.15, 0.2) is 41.9 Å². The van der Waals surface area contributed by atoms with Gasteiger partial charge in [0.15, 0.2) is 5.78 Å². The largest absolute Gasteiger partial charge is 0.390 e. The van der Waals surface area contributed by atoms with E-state index in [0.717, 1.165) is 44.6 Å². The predicted octanol–water partition coefficient (Wildman–Crippen LogP) is 6.78. The Hall–Kier alpha value is -3.33. The topological polar surface area (TPSA) is 65.1 Å². The monoisotopic (exact) mass is 482 g/mol. The van der Waals surface area contributed by atoms with Crippen molar-refractivity contribution in [2.45, 2.75) is 59.1 Å². The molecule has 4 nitrogen and oxygen atoms in total. The third-order valence-corrected chi connectivity index (χ3v) is 8.21. The summed E-state index contributed by atoms with van der Waals surface area (Å²) in [4.78, 5) is 16.2. The molecule has 5 heteroatoms. The van der Waals surface area contributed by atoms with E-state index in [1.165, 1.54) is 22.3 Å². The summed E-state index contributed by atoms with van der Waals surface area (Å²) in [6.45, 7) is 11.9. The van der Waals surface area contributed by atoms with Crippen LogP contribution in [0.3, 0.4) is 0 Å². The molecule has 2 atom stereocenters. The van der Waals surface area contributed by atoms with Crippen LogP contribution < -0.4 is 5.32 Å². The summed E-state index contributed by atoms with van der Waals surface area (Å²) in [5.41, 5.74) is 8.73. The first-order valence-electron chi connectivity index (χ1n) is 11.9. The zero-order chi connectivity index (χ0) is 25.1. The first-order valence-corrected chi connectivity index (χ1v) is 12.8. The number of carbonyl (C=O) groups is 1. The highest BCUT2D eigenvalue weighted by molar-refractivity contribution is 7.12. The lowest BCUT2D eigenvalue weighted by molar-refractivity contribution is 0.0868. The quantitative estimate of drug-likeness (QED) is 0.218. The van der Waals surface area contributed by atoms with Crippen LogP contribution in [-0.2, 0) is 0 Å². The predicted molar refractivity (Wildman–Crippen MR) is 146 cm³/mol. The molecule has 2 aromatic heterocycles. The Balaban J connectivity index is 1.84. The summed E-state index contributed by atoms with van der Waals surface area (Å²) in [5.74, 6) is 6.65. The zero-order valence-corrected chi connectivity index (χ0v) is 21.8. The fraction of sp³-hybridized carbons (Fsp3) is 0.300. The minimum Gasteiger partial charge on any atom is -0.390 e. The van der Waals surface area contributed by atoms with Crippen molar-refractivity contribution in [1.29, 1.82) is 0 Å². The Bertz CT molecular complexity index is 1540. The highest BCUT2D eigenvalue weighted by Gasteiger charge is 2.40. The van der Waals surface area contributed by atoms with Crippen molar-refractivity contribution < 1.29 is 9.90 Å². The van der Waals surface area contributed by atoms with E-state index in [4.69, 9.17) is 0 Å². The second-order valence-electron chi connectivity index (χ2n) is 10.2. The molecule has 0 spiro atoms. The van der Waals surface area contributed by atoms with Crippen LogP contribution in [0.5, 0.6) is 0 Å². The first kappa shape index (κ1) is 23.4. The Morgan fingerprint density at radius 3 is 2.63 bits per heavy atom. The van der Waals surface area contributed by atoms with Crippen molar-refractivity contribution >= 4 is 33.7 Å². The third kappa shape index (κ3) is 3.78. The molecule has 3 N–H and O–H groups in total. The van der Waals surface area contributed by atoms with Crippen molar-refractivity contribution in [3.8, 4) is 23.0 Å². The number of para-hydroxylation sites is 1. The molecule has 0 saturated heterocycles. The summed E-state index contributed by atoms with van der Waals surface area (Å²) >= 11 is 1.42. The molecule has 1 unspecified atom stereocenters. The summed E-state index contributed by atoms with van der Waals surface area (Å²) in [7, 11) is 0. The van der Waals surface area contributed by atoms with Gasteiger partial charge in [0, 0.05) is 45.4 Å². The number of ketones is 1. The lowest BCUT2D eigenvalue weighted by atomic mass is 9.75. The number of hydrogen-bond donors (Lipinski definition) is 3. The molecule has 5 rings (SSSR count). The van der Waals surface area contributed by atoms with E-state index in [9.17, 15) is 9.90 Å². The van der Waals surface area contributed by atoms with Crippen LogP contribution in [0.4, 0.5) is 5.69 Å². The maximum absolute atomic E-state index is 12.1. The molecule has 0 fully saturated rings. The van der Waals surface area contributed by atoms with Crippen molar-refractivity contribution in [2.75, 3.05) is 5.32 Å². The van der Waals surface area contributed by atoms with Crippen molar-refractivity contribution in [1.82, 2.24) is 4.98 Å². The van der Waals surface area contributed by atoms with E-state index in [1.54, 1.807) is 6.92 Å². The van der Waals surface area contributed by atoms with Crippen LogP contribution in [-0.4, -0.2) is 27.5 Å². The molecule has 2 aromatic carbocycles. The van der Waals surface area contributed by atoms with E-state index < -0.39 is 11.6 Å². The van der Waals surface area contributed by atoms with Gasteiger partial charge in [0.05, 0.1) is 22.0 Å². The molecule has 0 amide bonds. The van der Waals surface area contributed by atoms with Gasteiger partial charge in [0.1, 0.15) is 0 Å². The number of H-pyrrole nitrogens is 1. The highest BCUT2D eigenvalue weighted by atomic mass is 32.1. The Morgan fingerprint density at radius 1 is 1.11 bits per heavy atom. The maximum Gasteiger partial charge on any atom is 0.170 e. The molecule has 178 valence electrons. The molecule has 0 saturated carbocycles. The van der Waals surface area contributed by atoms with Gasteiger partial charge in [-0.05, 0) is 68.8 Å². The van der Waals surface area contributed by atoms with Gasteiger partial charge < -0.3 is 15.4 Å². The minimum absolute atomic E-state index is 0.0225. The number of aromatic amines is 1. The summed E-state index contributed by atoms with van der Waals surface area (Å²) in [6.07, 6.45) is 1.45. The Labute approximate surface area is 210 Å². The van der Waals surface area contributed by atoms with Gasteiger partial charge in [-0.15, -0.1) is 11.3 Å². The number of anilines is 1. The van der Waals surface area contributed by atoms with Crippen LogP contribution in [0.25, 0.3) is 22.0 Å². The number of benzene rings is 2. The minimum atomic E-state index is -0.581. The number of carbonyl (C=O) groups excluding carboxylic acids is 1. The van der Waals surface area contributed by atoms with Crippen molar-refractivity contribution in [3.63, 3.8) is 0 Å². The zero-order valence-electron chi connectivity index (χ0n) is 21.0. The Kier molecular flexibility index (Phi) is 5.62. The second kappa shape index (κ2) is 8.41. The molecule has 0 radical (unpaired) electrons. The number of nitrogens with one attached hydrogen (secondary N) is 2. The first-order chi connectivity index (χ1) is 16.6. The molecule has 0 aliphatic carbocycles. The van der Waals surface area contributed by atoms with Crippen LogP contribution in [0, 0.1) is 25.7 Å². The van der Waals surface area contributed by atoms with E-state index in [1.807, 2.05) is 31.5 Å². The number of aromatic nitrogens is 1. The van der Waals surface area contributed by atoms with Crippen LogP contribution in [0.1, 0.15) is 71.1 Å². The summed E-state index contributed by atoms with van der Waals surface area (Å²) in [5, 5.41) is 17.9. The molecule has 0 bridgehead atoms. The molecule has 1 aliphatic rings. The van der Waals surface area contributed by atoms with Crippen LogP contribution >= 0.6 is 11.3 Å². The average Bonchev–Trinajstić information content (AvgIpc) is 3.44. The molecule has 4 aromatic rings. The number of hydrogen-bond acceptors (Lipinski definition) is 4. The van der Waals surface area contributed by atoms with E-state index >= 15 is 0 Å². The third-order valence-electron chi connectivity index (χ3n) is 7.20. The normalized spacial score (nSPS) is 18.5. The van der Waals surface area contributed by atoms with Gasteiger partial charge in [0.25, 0.3) is 0 Å². The maximum atomic E-state index is 12.1. The number of thiophene rings is 1. The van der Waals surface area contributed by atoms with Gasteiger partial charge in [-0.2, -0.15) is 0 Å². The molecule has 35 heavy (non-hydrogen) atoms. The number of aliphatic hydroxyl groups excluding tert-OH is 1. The lowest BCUT2D eigenvalue weighted by Crippen LogP contribution is -2.50.